The first kappa shape index (κ1) is 26.0. The van der Waals surface area contributed by atoms with E-state index < -0.39 is 53.0 Å². The van der Waals surface area contributed by atoms with Crippen LogP contribution in [-0.2, 0) is 38.0 Å². The van der Waals surface area contributed by atoms with Gasteiger partial charge in [0, 0.05) is 30.4 Å². The van der Waals surface area contributed by atoms with Gasteiger partial charge in [0.15, 0.2) is 6.29 Å². The monoisotopic (exact) mass is 528 g/mol. The number of hydrogen-bond acceptors (Lipinski definition) is 9. The van der Waals surface area contributed by atoms with Crippen molar-refractivity contribution in [3.8, 4) is 0 Å². The number of carbonyl (C=O) groups is 2. The van der Waals surface area contributed by atoms with Crippen LogP contribution in [0, 0.1) is 10.8 Å². The Labute approximate surface area is 222 Å². The first-order valence-electron chi connectivity index (χ1n) is 13.4. The summed E-state index contributed by atoms with van der Waals surface area (Å²) >= 11 is 0. The van der Waals surface area contributed by atoms with Crippen LogP contribution < -0.4 is 0 Å². The molecular weight excluding hydrogens is 492 g/mol. The van der Waals surface area contributed by atoms with Gasteiger partial charge in [-0.05, 0) is 32.8 Å². The molecule has 38 heavy (non-hydrogen) atoms. The molecule has 0 aromatic carbocycles. The van der Waals surface area contributed by atoms with Crippen LogP contribution in [0.5, 0.6) is 0 Å². The zero-order valence-electron chi connectivity index (χ0n) is 22.3. The van der Waals surface area contributed by atoms with E-state index >= 15 is 0 Å². The third-order valence-electron chi connectivity index (χ3n) is 9.68. The van der Waals surface area contributed by atoms with Crippen LogP contribution in [0.2, 0.25) is 0 Å². The predicted molar refractivity (Wildman–Crippen MR) is 134 cm³/mol. The van der Waals surface area contributed by atoms with Crippen molar-refractivity contribution in [2.24, 2.45) is 10.8 Å². The Morgan fingerprint density at radius 2 is 1.82 bits per heavy atom. The molecule has 2 spiro atoms. The second-order valence-corrected chi connectivity index (χ2v) is 11.8. The van der Waals surface area contributed by atoms with Gasteiger partial charge in [0.2, 0.25) is 0 Å². The highest BCUT2D eigenvalue weighted by Crippen LogP contribution is 2.72. The summed E-state index contributed by atoms with van der Waals surface area (Å²) in [7, 11) is 0. The Kier molecular flexibility index (Phi) is 6.23. The number of esters is 2. The van der Waals surface area contributed by atoms with E-state index in [0.717, 1.165) is 11.1 Å². The highest BCUT2D eigenvalue weighted by Gasteiger charge is 2.83. The van der Waals surface area contributed by atoms with Gasteiger partial charge in [-0.2, -0.15) is 0 Å². The summed E-state index contributed by atoms with van der Waals surface area (Å²) in [5, 5.41) is 11.0. The van der Waals surface area contributed by atoms with Crippen molar-refractivity contribution in [1.29, 1.82) is 0 Å². The molecule has 0 aromatic rings. The van der Waals surface area contributed by atoms with Crippen molar-refractivity contribution in [2.75, 3.05) is 13.2 Å². The Morgan fingerprint density at radius 1 is 1.03 bits per heavy atom. The molecule has 6 aliphatic rings. The summed E-state index contributed by atoms with van der Waals surface area (Å²) in [4.78, 5) is 26.0. The van der Waals surface area contributed by atoms with Gasteiger partial charge in [0.1, 0.15) is 24.4 Å². The zero-order valence-corrected chi connectivity index (χ0v) is 22.3. The van der Waals surface area contributed by atoms with E-state index in [1.54, 1.807) is 12.2 Å². The summed E-state index contributed by atoms with van der Waals surface area (Å²) in [6, 6.07) is 0. The first-order chi connectivity index (χ1) is 18.1. The number of allylic oxidation sites excluding steroid dienone is 2. The molecule has 3 saturated heterocycles. The van der Waals surface area contributed by atoms with Crippen molar-refractivity contribution in [3.05, 3.63) is 47.6 Å². The molecule has 6 rings (SSSR count). The SMILES string of the molecule is CC1=C[C@H]2O[C@@H]3C[C@H]4OC(=O)/C=C\C=C/[C@@H]5O[C@H](C/C(C)=C\C(=O)OC[C@@]2(C[C@@H]1O)[C@]4(C)[C@@]31CO1)O[C@H]5C. The van der Waals surface area contributed by atoms with Gasteiger partial charge in [-0.25, -0.2) is 9.59 Å². The number of aliphatic hydroxyl groups excluding tert-OH is 1. The maximum absolute atomic E-state index is 13.0. The Hall–Kier alpha value is -2.30. The summed E-state index contributed by atoms with van der Waals surface area (Å²) in [5.41, 5.74) is -0.712. The minimum atomic E-state index is -0.868. The fourth-order valence-corrected chi connectivity index (χ4v) is 7.33. The molecule has 0 unspecified atom stereocenters. The van der Waals surface area contributed by atoms with Crippen LogP contribution in [0.3, 0.4) is 0 Å². The van der Waals surface area contributed by atoms with Gasteiger partial charge < -0.3 is 33.5 Å². The van der Waals surface area contributed by atoms with Crippen molar-refractivity contribution in [1.82, 2.24) is 0 Å². The van der Waals surface area contributed by atoms with E-state index in [9.17, 15) is 14.7 Å². The second-order valence-electron chi connectivity index (χ2n) is 11.8. The molecule has 4 aliphatic heterocycles. The first-order valence-corrected chi connectivity index (χ1v) is 13.4. The molecule has 9 heteroatoms. The highest BCUT2D eigenvalue weighted by atomic mass is 16.7. The molecule has 0 amide bonds. The number of cyclic esters (lactones) is 1. The lowest BCUT2D eigenvalue weighted by Gasteiger charge is -2.58. The number of ether oxygens (including phenoxy) is 6. The molecule has 10 atom stereocenters. The van der Waals surface area contributed by atoms with Crippen molar-refractivity contribution < 1.29 is 43.1 Å². The van der Waals surface area contributed by atoms with Gasteiger partial charge in [0.25, 0.3) is 0 Å². The van der Waals surface area contributed by atoms with E-state index in [1.165, 1.54) is 12.2 Å². The van der Waals surface area contributed by atoms with Crippen molar-refractivity contribution >= 4 is 11.9 Å². The zero-order chi connectivity index (χ0) is 26.9. The van der Waals surface area contributed by atoms with Crippen LogP contribution in [0.15, 0.2) is 47.6 Å². The Morgan fingerprint density at radius 3 is 2.58 bits per heavy atom. The predicted octanol–water partition coefficient (Wildman–Crippen LogP) is 2.68. The molecule has 1 N–H and O–H groups in total. The van der Waals surface area contributed by atoms with E-state index in [1.807, 2.05) is 39.8 Å². The molecule has 0 radical (unpaired) electrons. The molecule has 9 nitrogen and oxygen atoms in total. The largest absolute Gasteiger partial charge is 0.462 e. The number of hydrogen-bond donors (Lipinski definition) is 1. The molecule has 4 fully saturated rings. The maximum Gasteiger partial charge on any atom is 0.331 e. The number of fused-ring (bicyclic) bond motifs is 2. The fraction of sp³-hybridized carbons (Fsp3) is 0.655. The van der Waals surface area contributed by atoms with Crippen molar-refractivity contribution in [2.45, 2.75) is 95.5 Å². The van der Waals surface area contributed by atoms with E-state index in [2.05, 4.69) is 0 Å². The van der Waals surface area contributed by atoms with Crippen LogP contribution in [0.4, 0.5) is 0 Å². The van der Waals surface area contributed by atoms with Crippen LogP contribution >= 0.6 is 0 Å². The summed E-state index contributed by atoms with van der Waals surface area (Å²) in [6.45, 7) is 8.12. The standard InChI is InChI=1S/C29H36O9/c1-16-9-25(32)33-14-28-13-19(30)17(2)11-22(28)37-23-12-21(27(28,4)29(23)15-34-29)38-24(31)8-6-5-7-20-18(3)35-26(10-16)36-20/h5-9,11,18-23,26,30H,10,12-15H2,1-4H3/b7-5-,8-6-,16-9-/t18-,19-,20-,21+,22+,23+,26+,27+,28+,29+/m0/s1. The normalized spacial score (nSPS) is 51.4. The lowest BCUT2D eigenvalue weighted by atomic mass is 9.51. The minimum Gasteiger partial charge on any atom is -0.462 e. The quantitative estimate of drug-likeness (QED) is 0.288. The molecule has 206 valence electrons. The smallest absolute Gasteiger partial charge is 0.331 e. The maximum atomic E-state index is 13.0. The Bertz CT molecular complexity index is 1130. The van der Waals surface area contributed by atoms with E-state index in [4.69, 9.17) is 28.4 Å². The molecular formula is C29H36O9. The van der Waals surface area contributed by atoms with Crippen molar-refractivity contribution in [3.63, 3.8) is 0 Å². The number of rotatable bonds is 0. The number of carbonyl (C=O) groups excluding carboxylic acids is 2. The highest BCUT2D eigenvalue weighted by molar-refractivity contribution is 5.83. The topological polar surface area (TPSA) is 113 Å². The molecule has 0 aromatic heterocycles. The van der Waals surface area contributed by atoms with E-state index in [-0.39, 0.29) is 24.9 Å². The summed E-state index contributed by atoms with van der Waals surface area (Å²) < 4.78 is 36.5. The van der Waals surface area contributed by atoms with Gasteiger partial charge in [-0.3, -0.25) is 0 Å². The van der Waals surface area contributed by atoms with Gasteiger partial charge >= 0.3 is 11.9 Å². The van der Waals surface area contributed by atoms with Gasteiger partial charge in [-0.1, -0.05) is 36.8 Å². The molecule has 4 bridgehead atoms. The second kappa shape index (κ2) is 9.13. The average Bonchev–Trinajstić information content (AvgIpc) is 3.55. The number of aliphatic hydroxyl groups is 1. The fourth-order valence-electron chi connectivity index (χ4n) is 7.33. The summed E-state index contributed by atoms with van der Waals surface area (Å²) in [5.74, 6) is -0.976. The lowest BCUT2D eigenvalue weighted by Crippen LogP contribution is -2.68. The number of epoxide rings is 1. The van der Waals surface area contributed by atoms with Crippen LogP contribution in [0.25, 0.3) is 0 Å². The van der Waals surface area contributed by atoms with Gasteiger partial charge in [-0.15, -0.1) is 0 Å². The molecule has 1 saturated carbocycles. The van der Waals surface area contributed by atoms with E-state index in [0.29, 0.717) is 25.9 Å². The Balaban J connectivity index is 1.39. The molecule has 2 aliphatic carbocycles. The average molecular weight is 529 g/mol. The third kappa shape index (κ3) is 3.85. The lowest BCUT2D eigenvalue weighted by molar-refractivity contribution is -0.238. The third-order valence-corrected chi connectivity index (χ3v) is 9.68. The minimum absolute atomic E-state index is 0.0163. The van der Waals surface area contributed by atoms with Gasteiger partial charge in [0.05, 0.1) is 36.4 Å². The summed E-state index contributed by atoms with van der Waals surface area (Å²) in [6.07, 6.45) is 8.24. The molecule has 4 heterocycles. The van der Waals surface area contributed by atoms with Crippen LogP contribution in [-0.4, -0.2) is 78.8 Å². The van der Waals surface area contributed by atoms with Crippen LogP contribution in [0.1, 0.15) is 47.0 Å².